The van der Waals surface area contributed by atoms with Crippen molar-refractivity contribution in [2.75, 3.05) is 32.7 Å². The van der Waals surface area contributed by atoms with Crippen LogP contribution in [0.4, 0.5) is 0 Å². The second-order valence-electron chi connectivity index (χ2n) is 7.29. The number of nitrogens with zero attached hydrogens (tertiary/aromatic N) is 2. The van der Waals surface area contributed by atoms with Crippen molar-refractivity contribution in [3.05, 3.63) is 0 Å². The minimum absolute atomic E-state index is 0.0616. The molecule has 0 aromatic heterocycles. The van der Waals surface area contributed by atoms with Crippen LogP contribution in [-0.4, -0.2) is 59.6 Å². The van der Waals surface area contributed by atoms with Crippen molar-refractivity contribution in [1.82, 2.24) is 9.80 Å². The largest absolute Gasteiger partial charge is 0.357 e. The maximum atomic E-state index is 12.4. The maximum Gasteiger partial charge on any atom is 0.254 e. The monoisotopic (exact) mass is 280 g/mol. The number of likely N-dealkylation sites (N-methyl/N-ethyl adjacent to an activating group) is 1. The van der Waals surface area contributed by atoms with E-state index >= 15 is 0 Å². The molecule has 114 valence electrons. The van der Waals surface area contributed by atoms with Gasteiger partial charge in [0.2, 0.25) is 0 Å². The molecule has 0 N–H and O–H groups in total. The van der Waals surface area contributed by atoms with E-state index in [1.165, 1.54) is 6.54 Å². The van der Waals surface area contributed by atoms with Crippen LogP contribution in [0.5, 0.6) is 0 Å². The van der Waals surface area contributed by atoms with Gasteiger partial charge in [0.1, 0.15) is 5.60 Å². The molecule has 20 heavy (non-hydrogen) atoms. The van der Waals surface area contributed by atoms with Crippen LogP contribution >= 0.6 is 0 Å². The van der Waals surface area contributed by atoms with Crippen LogP contribution < -0.4 is 0 Å². The number of morpholine rings is 1. The van der Waals surface area contributed by atoms with E-state index in [0.717, 1.165) is 57.8 Å². The molecule has 4 nitrogen and oxygen atoms in total. The summed E-state index contributed by atoms with van der Waals surface area (Å²) in [5, 5.41) is 0. The molecule has 3 rings (SSSR count). The lowest BCUT2D eigenvalue weighted by Crippen LogP contribution is -2.63. The summed E-state index contributed by atoms with van der Waals surface area (Å²) in [6.45, 7) is 11.7. The van der Waals surface area contributed by atoms with Crippen molar-refractivity contribution < 1.29 is 9.53 Å². The summed E-state index contributed by atoms with van der Waals surface area (Å²) in [6.07, 6.45) is 4.01. The fourth-order valence-electron chi connectivity index (χ4n) is 3.80. The predicted molar refractivity (Wildman–Crippen MR) is 78.5 cm³/mol. The first kappa shape index (κ1) is 14.3. The molecule has 2 heterocycles. The number of rotatable bonds is 3. The molecule has 0 aromatic rings. The van der Waals surface area contributed by atoms with E-state index in [4.69, 9.17) is 4.74 Å². The number of ether oxygens (including phenoxy) is 1. The van der Waals surface area contributed by atoms with Gasteiger partial charge in [-0.2, -0.15) is 0 Å². The molecule has 0 unspecified atom stereocenters. The highest BCUT2D eigenvalue weighted by molar-refractivity contribution is 5.89. The SMILES string of the molecule is CCN1CC2(CCN(CC(C)C)CC2)OC2(CC2)C1=O. The van der Waals surface area contributed by atoms with Crippen LogP contribution in [0.25, 0.3) is 0 Å². The fourth-order valence-corrected chi connectivity index (χ4v) is 3.80. The number of amides is 1. The predicted octanol–water partition coefficient (Wildman–Crippen LogP) is 1.89. The molecule has 2 spiro atoms. The van der Waals surface area contributed by atoms with Crippen LogP contribution in [0.1, 0.15) is 46.5 Å². The molecule has 1 aliphatic carbocycles. The number of hydrogen-bond donors (Lipinski definition) is 0. The van der Waals surface area contributed by atoms with Gasteiger partial charge in [-0.15, -0.1) is 0 Å². The van der Waals surface area contributed by atoms with Crippen molar-refractivity contribution in [1.29, 1.82) is 0 Å². The number of piperidine rings is 1. The zero-order chi connectivity index (χ0) is 14.4. The molecule has 1 amide bonds. The molecule has 1 saturated carbocycles. The highest BCUT2D eigenvalue weighted by Crippen LogP contribution is 2.49. The second-order valence-corrected chi connectivity index (χ2v) is 7.29. The summed E-state index contributed by atoms with van der Waals surface area (Å²) in [7, 11) is 0. The molecule has 2 saturated heterocycles. The summed E-state index contributed by atoms with van der Waals surface area (Å²) in [5.41, 5.74) is -0.484. The second kappa shape index (κ2) is 4.99. The first-order chi connectivity index (χ1) is 9.49. The summed E-state index contributed by atoms with van der Waals surface area (Å²) in [6, 6.07) is 0. The summed E-state index contributed by atoms with van der Waals surface area (Å²) in [5.74, 6) is 0.968. The normalized spacial score (nSPS) is 28.6. The topological polar surface area (TPSA) is 32.8 Å². The Hall–Kier alpha value is -0.610. The molecule has 0 radical (unpaired) electrons. The fraction of sp³-hybridized carbons (Fsp3) is 0.938. The number of carbonyl (C=O) groups is 1. The van der Waals surface area contributed by atoms with E-state index in [0.29, 0.717) is 0 Å². The third kappa shape index (κ3) is 2.48. The van der Waals surface area contributed by atoms with Gasteiger partial charge in [0, 0.05) is 32.7 Å². The Morgan fingerprint density at radius 1 is 1.20 bits per heavy atom. The molecular formula is C16H28N2O2. The number of hydrogen-bond acceptors (Lipinski definition) is 3. The van der Waals surface area contributed by atoms with E-state index in [1.807, 2.05) is 4.90 Å². The van der Waals surface area contributed by atoms with Crippen LogP contribution in [0.2, 0.25) is 0 Å². The minimum atomic E-state index is -0.422. The van der Waals surface area contributed by atoms with E-state index < -0.39 is 5.60 Å². The zero-order valence-corrected chi connectivity index (χ0v) is 13.2. The van der Waals surface area contributed by atoms with Crippen molar-refractivity contribution in [3.8, 4) is 0 Å². The van der Waals surface area contributed by atoms with Gasteiger partial charge in [-0.05, 0) is 38.5 Å². The smallest absolute Gasteiger partial charge is 0.254 e. The lowest BCUT2D eigenvalue weighted by molar-refractivity contribution is -0.200. The molecule has 2 aliphatic heterocycles. The van der Waals surface area contributed by atoms with Gasteiger partial charge in [-0.3, -0.25) is 4.79 Å². The van der Waals surface area contributed by atoms with Crippen LogP contribution in [0.15, 0.2) is 0 Å². The minimum Gasteiger partial charge on any atom is -0.357 e. The van der Waals surface area contributed by atoms with Crippen LogP contribution in [0.3, 0.4) is 0 Å². The Labute approximate surface area is 122 Å². The molecule has 0 aromatic carbocycles. The standard InChI is InChI=1S/C16H28N2O2/c1-4-18-12-15(20-16(5-6-16)14(18)19)7-9-17(10-8-15)11-13(2)3/h13H,4-12H2,1-3H3. The van der Waals surface area contributed by atoms with Gasteiger partial charge < -0.3 is 14.5 Å². The highest BCUT2D eigenvalue weighted by atomic mass is 16.5. The first-order valence-electron chi connectivity index (χ1n) is 8.20. The lowest BCUT2D eigenvalue weighted by Gasteiger charge is -2.50. The van der Waals surface area contributed by atoms with Crippen molar-refractivity contribution >= 4 is 5.91 Å². The van der Waals surface area contributed by atoms with E-state index in [-0.39, 0.29) is 11.5 Å². The van der Waals surface area contributed by atoms with Crippen molar-refractivity contribution in [2.24, 2.45) is 5.92 Å². The molecule has 3 fully saturated rings. The molecule has 0 atom stereocenters. The third-order valence-corrected chi connectivity index (χ3v) is 5.04. The Morgan fingerprint density at radius 3 is 2.35 bits per heavy atom. The highest BCUT2D eigenvalue weighted by Gasteiger charge is 2.61. The third-order valence-electron chi connectivity index (χ3n) is 5.04. The molecule has 3 aliphatic rings. The van der Waals surface area contributed by atoms with Crippen molar-refractivity contribution in [2.45, 2.75) is 57.7 Å². The Morgan fingerprint density at radius 2 is 1.85 bits per heavy atom. The average Bonchev–Trinajstić information content (AvgIpc) is 3.17. The molecule has 4 heteroatoms. The van der Waals surface area contributed by atoms with Gasteiger partial charge in [0.25, 0.3) is 5.91 Å². The van der Waals surface area contributed by atoms with E-state index in [9.17, 15) is 4.79 Å². The summed E-state index contributed by atoms with van der Waals surface area (Å²) in [4.78, 5) is 17.0. The number of carbonyl (C=O) groups excluding carboxylic acids is 1. The van der Waals surface area contributed by atoms with Gasteiger partial charge in [0.05, 0.1) is 5.60 Å². The quantitative estimate of drug-likeness (QED) is 0.791. The molecular weight excluding hydrogens is 252 g/mol. The zero-order valence-electron chi connectivity index (χ0n) is 13.2. The Balaban J connectivity index is 1.67. The van der Waals surface area contributed by atoms with Gasteiger partial charge >= 0.3 is 0 Å². The van der Waals surface area contributed by atoms with E-state index in [1.54, 1.807) is 0 Å². The van der Waals surface area contributed by atoms with Gasteiger partial charge in [-0.25, -0.2) is 0 Å². The van der Waals surface area contributed by atoms with Gasteiger partial charge in [0.15, 0.2) is 0 Å². The lowest BCUT2D eigenvalue weighted by atomic mass is 9.87. The Bertz CT molecular complexity index is 382. The number of likely N-dealkylation sites (tertiary alicyclic amines) is 1. The van der Waals surface area contributed by atoms with Gasteiger partial charge in [-0.1, -0.05) is 13.8 Å². The van der Waals surface area contributed by atoms with Crippen molar-refractivity contribution in [3.63, 3.8) is 0 Å². The Kier molecular flexibility index (Phi) is 3.57. The average molecular weight is 280 g/mol. The molecule has 0 bridgehead atoms. The van der Waals surface area contributed by atoms with Crippen LogP contribution in [-0.2, 0) is 9.53 Å². The maximum absolute atomic E-state index is 12.4. The van der Waals surface area contributed by atoms with Crippen LogP contribution in [0, 0.1) is 5.92 Å². The summed E-state index contributed by atoms with van der Waals surface area (Å²) < 4.78 is 6.39. The first-order valence-corrected chi connectivity index (χ1v) is 8.20. The van der Waals surface area contributed by atoms with E-state index in [2.05, 4.69) is 25.7 Å². The summed E-state index contributed by atoms with van der Waals surface area (Å²) >= 11 is 0.